The van der Waals surface area contributed by atoms with Gasteiger partial charge < -0.3 is 9.73 Å². The van der Waals surface area contributed by atoms with Gasteiger partial charge in [-0.3, -0.25) is 4.72 Å². The molecule has 2 aromatic carbocycles. The lowest BCUT2D eigenvalue weighted by Crippen LogP contribution is -2.23. The monoisotopic (exact) mass is 392 g/mol. The summed E-state index contributed by atoms with van der Waals surface area (Å²) in [5.41, 5.74) is 2.76. The molecule has 136 valence electrons. The van der Waals surface area contributed by atoms with Crippen molar-refractivity contribution in [3.63, 3.8) is 0 Å². The molecule has 0 saturated carbocycles. The molecule has 1 aliphatic rings. The van der Waals surface area contributed by atoms with Crippen LogP contribution in [0.15, 0.2) is 62.6 Å². The molecule has 8 heteroatoms. The second kappa shape index (κ2) is 7.11. The number of benzene rings is 2. The van der Waals surface area contributed by atoms with Crippen molar-refractivity contribution in [3.8, 4) is 0 Å². The van der Waals surface area contributed by atoms with Gasteiger partial charge in [0, 0.05) is 23.7 Å². The number of halogens is 1. The minimum absolute atomic E-state index is 0. The van der Waals surface area contributed by atoms with Crippen LogP contribution in [0.2, 0.25) is 0 Å². The van der Waals surface area contributed by atoms with Crippen LogP contribution in [0.25, 0.3) is 11.0 Å². The van der Waals surface area contributed by atoms with Crippen molar-refractivity contribution in [1.29, 1.82) is 0 Å². The molecule has 1 aromatic heterocycles. The van der Waals surface area contributed by atoms with Crippen LogP contribution in [0.5, 0.6) is 0 Å². The van der Waals surface area contributed by atoms with Gasteiger partial charge in [-0.1, -0.05) is 6.07 Å². The first kappa shape index (κ1) is 18.4. The highest BCUT2D eigenvalue weighted by Crippen LogP contribution is 2.23. The maximum atomic E-state index is 12.7. The lowest BCUT2D eigenvalue weighted by Gasteiger charge is -2.18. The van der Waals surface area contributed by atoms with Gasteiger partial charge in [0.15, 0.2) is 0 Å². The Morgan fingerprint density at radius 2 is 1.85 bits per heavy atom. The molecule has 0 aliphatic carbocycles. The Balaban J connectivity index is 0.00000196. The Morgan fingerprint density at radius 3 is 2.69 bits per heavy atom. The van der Waals surface area contributed by atoms with E-state index in [1.807, 2.05) is 12.1 Å². The predicted molar refractivity (Wildman–Crippen MR) is 102 cm³/mol. The standard InChI is InChI=1S/C18H16N2O4S.ClH/c21-18-6-2-13-10-16(4-5-17(13)24-18)25(22,23)20-15-3-1-12-7-8-19-11-14(12)9-15;/h1-6,9-10,19-20H,7-8,11H2;1H. The van der Waals surface area contributed by atoms with E-state index in [-0.39, 0.29) is 17.3 Å². The van der Waals surface area contributed by atoms with Crippen LogP contribution in [0.3, 0.4) is 0 Å². The molecule has 2 N–H and O–H groups in total. The first-order valence-corrected chi connectivity index (χ1v) is 9.39. The van der Waals surface area contributed by atoms with Crippen LogP contribution in [0, 0.1) is 0 Å². The van der Waals surface area contributed by atoms with Crippen molar-refractivity contribution in [1.82, 2.24) is 5.32 Å². The third-order valence-corrected chi connectivity index (χ3v) is 5.63. The molecule has 0 unspecified atom stereocenters. The Labute approximate surface area is 156 Å². The Kier molecular flexibility index (Phi) is 5.04. The van der Waals surface area contributed by atoms with E-state index in [1.165, 1.54) is 29.8 Å². The molecule has 0 amide bonds. The molecule has 4 rings (SSSR count). The summed E-state index contributed by atoms with van der Waals surface area (Å²) < 4.78 is 33.0. The van der Waals surface area contributed by atoms with Gasteiger partial charge >= 0.3 is 5.63 Å². The molecular formula is C18H17ClN2O4S. The summed E-state index contributed by atoms with van der Waals surface area (Å²) in [7, 11) is -3.73. The van der Waals surface area contributed by atoms with Gasteiger partial charge in [-0.05, 0) is 60.5 Å². The number of hydrogen-bond donors (Lipinski definition) is 2. The van der Waals surface area contributed by atoms with E-state index in [1.54, 1.807) is 12.1 Å². The van der Waals surface area contributed by atoms with Gasteiger partial charge in [-0.2, -0.15) is 0 Å². The molecule has 3 aromatic rings. The fourth-order valence-corrected chi connectivity index (χ4v) is 4.06. The maximum Gasteiger partial charge on any atom is 0.336 e. The van der Waals surface area contributed by atoms with Gasteiger partial charge in [0.05, 0.1) is 4.90 Å². The summed E-state index contributed by atoms with van der Waals surface area (Å²) in [6.07, 6.45) is 0.943. The summed E-state index contributed by atoms with van der Waals surface area (Å²) >= 11 is 0. The molecule has 2 heterocycles. The Morgan fingerprint density at radius 1 is 1.00 bits per heavy atom. The van der Waals surface area contributed by atoms with Crippen molar-refractivity contribution >= 4 is 39.1 Å². The highest BCUT2D eigenvalue weighted by Gasteiger charge is 2.17. The zero-order valence-corrected chi connectivity index (χ0v) is 15.3. The number of fused-ring (bicyclic) bond motifs is 2. The molecule has 0 atom stereocenters. The van der Waals surface area contributed by atoms with Gasteiger partial charge in [-0.15, -0.1) is 12.4 Å². The lowest BCUT2D eigenvalue weighted by molar-refractivity contribution is 0.560. The van der Waals surface area contributed by atoms with Crippen LogP contribution >= 0.6 is 12.4 Å². The van der Waals surface area contributed by atoms with Gasteiger partial charge in [0.1, 0.15) is 5.58 Å². The number of rotatable bonds is 3. The normalized spacial score (nSPS) is 13.7. The van der Waals surface area contributed by atoms with Gasteiger partial charge in [0.2, 0.25) is 0 Å². The summed E-state index contributed by atoms with van der Waals surface area (Å²) in [4.78, 5) is 11.3. The summed E-state index contributed by atoms with van der Waals surface area (Å²) in [5.74, 6) is 0. The van der Waals surface area contributed by atoms with Gasteiger partial charge in [-0.25, -0.2) is 13.2 Å². The number of hydrogen-bond acceptors (Lipinski definition) is 5. The second-order valence-electron chi connectivity index (χ2n) is 5.97. The first-order valence-electron chi connectivity index (χ1n) is 7.90. The van der Waals surface area contributed by atoms with Crippen molar-refractivity contribution in [2.45, 2.75) is 17.9 Å². The third kappa shape index (κ3) is 3.60. The van der Waals surface area contributed by atoms with Crippen molar-refractivity contribution in [2.75, 3.05) is 11.3 Å². The Hall–Kier alpha value is -2.35. The zero-order chi connectivity index (χ0) is 17.4. The first-order chi connectivity index (χ1) is 12.0. The minimum atomic E-state index is -3.73. The fraction of sp³-hybridized carbons (Fsp3) is 0.167. The number of sulfonamides is 1. The molecule has 0 bridgehead atoms. The fourth-order valence-electron chi connectivity index (χ4n) is 2.98. The molecule has 0 spiro atoms. The molecule has 1 aliphatic heterocycles. The van der Waals surface area contributed by atoms with E-state index >= 15 is 0 Å². The van der Waals surface area contributed by atoms with E-state index in [0.717, 1.165) is 25.1 Å². The third-order valence-electron chi connectivity index (χ3n) is 4.25. The van der Waals surface area contributed by atoms with Crippen LogP contribution < -0.4 is 15.7 Å². The zero-order valence-electron chi connectivity index (χ0n) is 13.7. The van der Waals surface area contributed by atoms with E-state index < -0.39 is 15.6 Å². The predicted octanol–water partition coefficient (Wildman–Crippen LogP) is 2.66. The van der Waals surface area contributed by atoms with Crippen molar-refractivity contribution in [2.24, 2.45) is 0 Å². The quantitative estimate of drug-likeness (QED) is 0.669. The van der Waals surface area contributed by atoms with Crippen LogP contribution in [0.1, 0.15) is 11.1 Å². The van der Waals surface area contributed by atoms with Crippen molar-refractivity contribution in [3.05, 3.63) is 70.1 Å². The smallest absolute Gasteiger partial charge is 0.336 e. The minimum Gasteiger partial charge on any atom is -0.423 e. The molecule has 0 saturated heterocycles. The van der Waals surface area contributed by atoms with Crippen LogP contribution in [-0.4, -0.2) is 15.0 Å². The lowest BCUT2D eigenvalue weighted by atomic mass is 10.0. The highest BCUT2D eigenvalue weighted by atomic mass is 35.5. The van der Waals surface area contributed by atoms with E-state index in [9.17, 15) is 13.2 Å². The largest absolute Gasteiger partial charge is 0.423 e. The molecular weight excluding hydrogens is 376 g/mol. The number of anilines is 1. The summed E-state index contributed by atoms with van der Waals surface area (Å²) in [5, 5.41) is 3.83. The van der Waals surface area contributed by atoms with E-state index in [2.05, 4.69) is 10.0 Å². The molecule has 0 fully saturated rings. The summed E-state index contributed by atoms with van der Waals surface area (Å²) in [6.45, 7) is 1.67. The van der Waals surface area contributed by atoms with Crippen LogP contribution in [-0.2, 0) is 23.0 Å². The second-order valence-corrected chi connectivity index (χ2v) is 7.65. The topological polar surface area (TPSA) is 88.4 Å². The Bertz CT molecular complexity index is 1130. The highest BCUT2D eigenvalue weighted by molar-refractivity contribution is 7.92. The summed E-state index contributed by atoms with van der Waals surface area (Å²) in [6, 6.07) is 12.8. The SMILES string of the molecule is Cl.O=c1ccc2cc(S(=O)(=O)Nc3ccc4c(c3)CNCC4)ccc2o1. The average Bonchev–Trinajstić information content (AvgIpc) is 2.60. The molecule has 26 heavy (non-hydrogen) atoms. The van der Waals surface area contributed by atoms with E-state index in [0.29, 0.717) is 16.7 Å². The van der Waals surface area contributed by atoms with E-state index in [4.69, 9.17) is 4.42 Å². The number of nitrogens with one attached hydrogen (secondary N) is 2. The molecule has 6 nitrogen and oxygen atoms in total. The molecule has 0 radical (unpaired) electrons. The van der Waals surface area contributed by atoms with Gasteiger partial charge in [0.25, 0.3) is 10.0 Å². The average molecular weight is 393 g/mol. The van der Waals surface area contributed by atoms with Crippen LogP contribution in [0.4, 0.5) is 5.69 Å². The van der Waals surface area contributed by atoms with Crippen molar-refractivity contribution < 1.29 is 12.8 Å². The maximum absolute atomic E-state index is 12.7.